The van der Waals surface area contributed by atoms with E-state index in [0.717, 1.165) is 17.6 Å². The Morgan fingerprint density at radius 2 is 2.00 bits per heavy atom. The van der Waals surface area contributed by atoms with Crippen LogP contribution in [0.15, 0.2) is 42.5 Å². The number of rotatable bonds is 7. The number of amides is 2. The lowest BCUT2D eigenvalue weighted by Gasteiger charge is -2.19. The first-order valence-electron chi connectivity index (χ1n) is 7.85. The van der Waals surface area contributed by atoms with Crippen molar-refractivity contribution in [3.63, 3.8) is 0 Å². The number of hydrogen-bond donors (Lipinski definition) is 2. The molecule has 0 aliphatic carbocycles. The monoisotopic (exact) mass is 316 g/mol. The molecule has 2 aromatic rings. The van der Waals surface area contributed by atoms with Gasteiger partial charge in [-0.15, -0.1) is 0 Å². The number of aliphatic hydroxyl groups excluding tert-OH is 1. The minimum atomic E-state index is -0.526. The molecule has 0 heterocycles. The predicted octanol–water partition coefficient (Wildman–Crippen LogP) is 2.63. The van der Waals surface area contributed by atoms with Crippen LogP contribution in [0.3, 0.4) is 0 Å². The van der Waals surface area contributed by atoms with Gasteiger partial charge in [0.15, 0.2) is 0 Å². The highest BCUT2D eigenvalue weighted by molar-refractivity contribution is 5.83. The van der Waals surface area contributed by atoms with E-state index in [0.29, 0.717) is 19.7 Å². The first-order chi connectivity index (χ1) is 11.1. The summed E-state index contributed by atoms with van der Waals surface area (Å²) in [5.74, 6) is 0.834. The SMILES string of the molecule is CC(O)CN(C)C(=O)NCCCOc1ccc2ccccc2c1. The molecule has 0 radical (unpaired) electrons. The zero-order valence-corrected chi connectivity index (χ0v) is 13.7. The van der Waals surface area contributed by atoms with Crippen LogP contribution in [-0.4, -0.2) is 48.9 Å². The zero-order valence-electron chi connectivity index (χ0n) is 13.7. The van der Waals surface area contributed by atoms with Crippen molar-refractivity contribution in [3.05, 3.63) is 42.5 Å². The summed E-state index contributed by atoms with van der Waals surface area (Å²) in [7, 11) is 1.66. The molecule has 0 aromatic heterocycles. The second kappa shape index (κ2) is 8.39. The largest absolute Gasteiger partial charge is 0.494 e. The molecule has 0 fully saturated rings. The summed E-state index contributed by atoms with van der Waals surface area (Å²) in [6.45, 7) is 3.05. The summed E-state index contributed by atoms with van der Waals surface area (Å²) < 4.78 is 5.72. The number of ether oxygens (including phenoxy) is 1. The van der Waals surface area contributed by atoms with Crippen LogP contribution in [0.5, 0.6) is 5.75 Å². The molecule has 1 atom stereocenters. The molecule has 2 rings (SSSR count). The molecule has 0 bridgehead atoms. The van der Waals surface area contributed by atoms with Gasteiger partial charge in [0, 0.05) is 20.1 Å². The highest BCUT2D eigenvalue weighted by Gasteiger charge is 2.09. The van der Waals surface area contributed by atoms with E-state index in [4.69, 9.17) is 4.74 Å². The van der Waals surface area contributed by atoms with Crippen LogP contribution in [0.25, 0.3) is 10.8 Å². The fraction of sp³-hybridized carbons (Fsp3) is 0.389. The maximum Gasteiger partial charge on any atom is 0.317 e. The molecule has 2 N–H and O–H groups in total. The number of fused-ring (bicyclic) bond motifs is 1. The third-order valence-electron chi connectivity index (χ3n) is 3.47. The average molecular weight is 316 g/mol. The third kappa shape index (κ3) is 5.45. The molecule has 5 nitrogen and oxygen atoms in total. The molecular weight excluding hydrogens is 292 g/mol. The van der Waals surface area contributed by atoms with Gasteiger partial charge in [0.1, 0.15) is 5.75 Å². The second-order valence-electron chi connectivity index (χ2n) is 5.67. The number of benzene rings is 2. The number of likely N-dealkylation sites (N-methyl/N-ethyl adjacent to an activating group) is 1. The average Bonchev–Trinajstić information content (AvgIpc) is 2.53. The number of urea groups is 1. The first kappa shape index (κ1) is 17.1. The van der Waals surface area contributed by atoms with Crippen LogP contribution in [-0.2, 0) is 0 Å². The van der Waals surface area contributed by atoms with Crippen molar-refractivity contribution < 1.29 is 14.6 Å². The summed E-state index contributed by atoms with van der Waals surface area (Å²) in [6, 6.07) is 14.0. The standard InChI is InChI=1S/C18H24N2O3/c1-14(21)13-20(2)18(22)19-10-5-11-23-17-9-8-15-6-3-4-7-16(15)12-17/h3-4,6-9,12,14,21H,5,10-11,13H2,1-2H3,(H,19,22). The van der Waals surface area contributed by atoms with Gasteiger partial charge in [-0.2, -0.15) is 0 Å². The van der Waals surface area contributed by atoms with Crippen molar-refractivity contribution >= 4 is 16.8 Å². The Kier molecular flexibility index (Phi) is 6.23. The van der Waals surface area contributed by atoms with E-state index in [1.165, 1.54) is 10.3 Å². The van der Waals surface area contributed by atoms with Gasteiger partial charge in [-0.1, -0.05) is 30.3 Å². The number of hydrogen-bond acceptors (Lipinski definition) is 3. The fourth-order valence-electron chi connectivity index (χ4n) is 2.33. The normalized spacial score (nSPS) is 12.0. The van der Waals surface area contributed by atoms with Crippen molar-refractivity contribution in [1.82, 2.24) is 10.2 Å². The molecule has 0 aliphatic rings. The summed E-state index contributed by atoms with van der Waals surface area (Å²) >= 11 is 0. The van der Waals surface area contributed by atoms with Gasteiger partial charge >= 0.3 is 6.03 Å². The minimum Gasteiger partial charge on any atom is -0.494 e. The van der Waals surface area contributed by atoms with E-state index < -0.39 is 6.10 Å². The lowest BCUT2D eigenvalue weighted by molar-refractivity contribution is 0.143. The number of nitrogens with one attached hydrogen (secondary N) is 1. The van der Waals surface area contributed by atoms with Gasteiger partial charge in [0.05, 0.1) is 12.7 Å². The Morgan fingerprint density at radius 3 is 2.74 bits per heavy atom. The molecule has 5 heteroatoms. The van der Waals surface area contributed by atoms with E-state index in [1.54, 1.807) is 14.0 Å². The van der Waals surface area contributed by atoms with Gasteiger partial charge < -0.3 is 20.1 Å². The highest BCUT2D eigenvalue weighted by Crippen LogP contribution is 2.20. The molecule has 0 spiro atoms. The van der Waals surface area contributed by atoms with Crippen molar-refractivity contribution in [3.8, 4) is 5.75 Å². The van der Waals surface area contributed by atoms with Crippen LogP contribution in [0.1, 0.15) is 13.3 Å². The molecule has 2 amide bonds. The smallest absolute Gasteiger partial charge is 0.317 e. The molecule has 0 aliphatic heterocycles. The van der Waals surface area contributed by atoms with E-state index in [2.05, 4.69) is 17.4 Å². The van der Waals surface area contributed by atoms with Crippen LogP contribution in [0.2, 0.25) is 0 Å². The Hall–Kier alpha value is -2.27. The number of aliphatic hydroxyl groups is 1. The molecule has 0 saturated carbocycles. The first-order valence-corrected chi connectivity index (χ1v) is 7.85. The molecule has 0 saturated heterocycles. The summed E-state index contributed by atoms with van der Waals surface area (Å²) in [5.41, 5.74) is 0. The van der Waals surface area contributed by atoms with Gasteiger partial charge in [0.25, 0.3) is 0 Å². The zero-order chi connectivity index (χ0) is 16.7. The lowest BCUT2D eigenvalue weighted by atomic mass is 10.1. The predicted molar refractivity (Wildman–Crippen MR) is 91.8 cm³/mol. The molecule has 124 valence electrons. The van der Waals surface area contributed by atoms with Crippen molar-refractivity contribution in [1.29, 1.82) is 0 Å². The number of carbonyl (C=O) groups excluding carboxylic acids is 1. The molecular formula is C18H24N2O3. The topological polar surface area (TPSA) is 61.8 Å². The Balaban J connectivity index is 1.69. The second-order valence-corrected chi connectivity index (χ2v) is 5.67. The Bertz CT molecular complexity index is 643. The minimum absolute atomic E-state index is 0.184. The summed E-state index contributed by atoms with van der Waals surface area (Å²) in [5, 5.41) is 14.4. The van der Waals surface area contributed by atoms with Crippen LogP contribution < -0.4 is 10.1 Å². The van der Waals surface area contributed by atoms with Gasteiger partial charge in [-0.25, -0.2) is 4.79 Å². The highest BCUT2D eigenvalue weighted by atomic mass is 16.5. The summed E-state index contributed by atoms with van der Waals surface area (Å²) in [4.78, 5) is 13.2. The summed E-state index contributed by atoms with van der Waals surface area (Å²) in [6.07, 6.45) is 0.197. The maximum atomic E-state index is 11.7. The van der Waals surface area contributed by atoms with Crippen LogP contribution >= 0.6 is 0 Å². The van der Waals surface area contributed by atoms with Crippen LogP contribution in [0.4, 0.5) is 4.79 Å². The quantitative estimate of drug-likeness (QED) is 0.772. The van der Waals surface area contributed by atoms with E-state index in [9.17, 15) is 9.90 Å². The van der Waals surface area contributed by atoms with E-state index in [-0.39, 0.29) is 6.03 Å². The van der Waals surface area contributed by atoms with E-state index >= 15 is 0 Å². The van der Waals surface area contributed by atoms with Crippen molar-refractivity contribution in [2.75, 3.05) is 26.7 Å². The third-order valence-corrected chi connectivity index (χ3v) is 3.47. The molecule has 23 heavy (non-hydrogen) atoms. The number of nitrogens with zero attached hydrogens (tertiary/aromatic N) is 1. The van der Waals surface area contributed by atoms with Gasteiger partial charge in [-0.3, -0.25) is 0 Å². The lowest BCUT2D eigenvalue weighted by Crippen LogP contribution is -2.41. The Morgan fingerprint density at radius 1 is 1.26 bits per heavy atom. The molecule has 1 unspecified atom stereocenters. The fourth-order valence-corrected chi connectivity index (χ4v) is 2.33. The molecule has 2 aromatic carbocycles. The Labute approximate surface area is 136 Å². The maximum absolute atomic E-state index is 11.7. The van der Waals surface area contributed by atoms with Crippen molar-refractivity contribution in [2.24, 2.45) is 0 Å². The van der Waals surface area contributed by atoms with Gasteiger partial charge in [0.2, 0.25) is 0 Å². The van der Waals surface area contributed by atoms with Crippen LogP contribution in [0, 0.1) is 0 Å². The van der Waals surface area contributed by atoms with E-state index in [1.807, 2.05) is 30.3 Å². The van der Waals surface area contributed by atoms with Crippen molar-refractivity contribution in [2.45, 2.75) is 19.4 Å². The number of carbonyl (C=O) groups is 1. The van der Waals surface area contributed by atoms with Gasteiger partial charge in [-0.05, 0) is 36.2 Å².